The topological polar surface area (TPSA) is 86.2 Å². The van der Waals surface area contributed by atoms with Crippen LogP contribution in [0.4, 0.5) is 5.69 Å². The molecule has 18 heavy (non-hydrogen) atoms. The summed E-state index contributed by atoms with van der Waals surface area (Å²) in [4.78, 5) is 18.5. The Labute approximate surface area is 101 Å². The predicted octanol–water partition coefficient (Wildman–Crippen LogP) is 1.70. The van der Waals surface area contributed by atoms with Gasteiger partial charge in [0.15, 0.2) is 5.82 Å². The number of pyridine rings is 2. The minimum atomic E-state index is -0.475. The molecule has 0 aliphatic heterocycles. The number of hydrogen-bond acceptors (Lipinski definition) is 5. The molecule has 0 spiro atoms. The molecule has 88 valence electrons. The molecule has 0 aliphatic rings. The maximum atomic E-state index is 10.9. The van der Waals surface area contributed by atoms with E-state index in [4.69, 9.17) is 0 Å². The van der Waals surface area contributed by atoms with Crippen molar-refractivity contribution in [3.8, 4) is 11.4 Å². The second-order valence-corrected chi connectivity index (χ2v) is 3.60. The summed E-state index contributed by atoms with van der Waals surface area (Å²) in [5.41, 5.74) is 0.872. The summed E-state index contributed by atoms with van der Waals surface area (Å²) < 4.78 is 1.39. The van der Waals surface area contributed by atoms with E-state index in [9.17, 15) is 10.1 Å². The molecule has 0 atom stereocenters. The molecule has 3 rings (SSSR count). The molecule has 7 nitrogen and oxygen atoms in total. The zero-order valence-corrected chi connectivity index (χ0v) is 9.09. The predicted molar refractivity (Wildman–Crippen MR) is 62.9 cm³/mol. The van der Waals surface area contributed by atoms with E-state index in [0.717, 1.165) is 5.56 Å². The van der Waals surface area contributed by atoms with E-state index >= 15 is 0 Å². The maximum Gasteiger partial charge on any atom is 0.313 e. The summed E-state index contributed by atoms with van der Waals surface area (Å²) >= 11 is 0. The average molecular weight is 241 g/mol. The fraction of sp³-hybridized carbons (Fsp3) is 0. The molecule has 0 unspecified atom stereocenters. The van der Waals surface area contributed by atoms with Gasteiger partial charge < -0.3 is 0 Å². The van der Waals surface area contributed by atoms with Crippen LogP contribution in [0.25, 0.3) is 17.0 Å². The first kappa shape index (κ1) is 10.3. The minimum absolute atomic E-state index is 0.0693. The van der Waals surface area contributed by atoms with Crippen LogP contribution in [0, 0.1) is 10.1 Å². The number of fused-ring (bicyclic) bond motifs is 1. The second kappa shape index (κ2) is 3.88. The molecular weight excluding hydrogens is 234 g/mol. The van der Waals surface area contributed by atoms with E-state index in [-0.39, 0.29) is 11.3 Å². The second-order valence-electron chi connectivity index (χ2n) is 3.60. The summed E-state index contributed by atoms with van der Waals surface area (Å²) in [7, 11) is 0. The van der Waals surface area contributed by atoms with Gasteiger partial charge in [-0.05, 0) is 18.2 Å². The lowest BCUT2D eigenvalue weighted by atomic mass is 10.3. The Morgan fingerprint density at radius 1 is 1.28 bits per heavy atom. The normalized spacial score (nSPS) is 10.7. The van der Waals surface area contributed by atoms with Crippen molar-refractivity contribution in [3.05, 3.63) is 53.0 Å². The van der Waals surface area contributed by atoms with Crippen LogP contribution in [-0.2, 0) is 0 Å². The summed E-state index contributed by atoms with van der Waals surface area (Å²) in [5.74, 6) is 0.414. The SMILES string of the molecule is O=[N+]([O-])c1cccn2nc(-c3cccnc3)nc12. The van der Waals surface area contributed by atoms with Crippen LogP contribution in [0.3, 0.4) is 0 Å². The van der Waals surface area contributed by atoms with Gasteiger partial charge in [-0.3, -0.25) is 15.1 Å². The smallest absolute Gasteiger partial charge is 0.264 e. The molecule has 0 bridgehead atoms. The first-order valence-corrected chi connectivity index (χ1v) is 5.16. The fourth-order valence-electron chi connectivity index (χ4n) is 1.65. The molecule has 0 N–H and O–H groups in total. The summed E-state index contributed by atoms with van der Waals surface area (Å²) in [6, 6.07) is 6.52. The van der Waals surface area contributed by atoms with E-state index in [1.165, 1.54) is 10.6 Å². The lowest BCUT2D eigenvalue weighted by molar-refractivity contribution is -0.383. The molecule has 0 aliphatic carbocycles. The molecule has 0 amide bonds. The quantitative estimate of drug-likeness (QED) is 0.503. The largest absolute Gasteiger partial charge is 0.313 e. The van der Waals surface area contributed by atoms with Crippen LogP contribution in [0.5, 0.6) is 0 Å². The van der Waals surface area contributed by atoms with Crippen LogP contribution >= 0.6 is 0 Å². The number of aromatic nitrogens is 4. The first-order chi connectivity index (χ1) is 8.75. The van der Waals surface area contributed by atoms with Gasteiger partial charge in [-0.15, -0.1) is 5.10 Å². The molecule has 0 saturated heterocycles. The molecule has 0 saturated carbocycles. The molecule has 3 heterocycles. The minimum Gasteiger partial charge on any atom is -0.264 e. The maximum absolute atomic E-state index is 10.9. The zero-order valence-electron chi connectivity index (χ0n) is 9.09. The van der Waals surface area contributed by atoms with Gasteiger partial charge in [-0.2, -0.15) is 0 Å². The number of nitro groups is 1. The Bertz CT molecular complexity index is 723. The van der Waals surface area contributed by atoms with Gasteiger partial charge in [-0.25, -0.2) is 9.50 Å². The van der Waals surface area contributed by atoms with Crippen molar-refractivity contribution >= 4 is 11.3 Å². The van der Waals surface area contributed by atoms with Gasteiger partial charge >= 0.3 is 5.69 Å². The Hall–Kier alpha value is -2.83. The highest BCUT2D eigenvalue weighted by Crippen LogP contribution is 2.21. The lowest BCUT2D eigenvalue weighted by Gasteiger charge is -1.91. The van der Waals surface area contributed by atoms with Crippen molar-refractivity contribution in [2.24, 2.45) is 0 Å². The highest BCUT2D eigenvalue weighted by Gasteiger charge is 2.16. The molecule has 0 radical (unpaired) electrons. The van der Waals surface area contributed by atoms with Crippen molar-refractivity contribution in [1.82, 2.24) is 19.6 Å². The van der Waals surface area contributed by atoms with E-state index in [0.29, 0.717) is 5.82 Å². The third-order valence-corrected chi connectivity index (χ3v) is 2.46. The van der Waals surface area contributed by atoms with Crippen LogP contribution in [0.15, 0.2) is 42.9 Å². The van der Waals surface area contributed by atoms with Crippen LogP contribution in [0.1, 0.15) is 0 Å². The van der Waals surface area contributed by atoms with Gasteiger partial charge in [0, 0.05) is 30.2 Å². The van der Waals surface area contributed by atoms with Crippen molar-refractivity contribution in [1.29, 1.82) is 0 Å². The standard InChI is InChI=1S/C11H7N5O2/c17-16(18)9-4-2-6-15-11(9)13-10(14-15)8-3-1-5-12-7-8/h1-7H. The van der Waals surface area contributed by atoms with Gasteiger partial charge in [0.2, 0.25) is 5.65 Å². The number of rotatable bonds is 2. The van der Waals surface area contributed by atoms with Crippen LogP contribution in [0.2, 0.25) is 0 Å². The van der Waals surface area contributed by atoms with Crippen molar-refractivity contribution in [2.45, 2.75) is 0 Å². The van der Waals surface area contributed by atoms with Gasteiger partial charge in [0.1, 0.15) is 0 Å². The van der Waals surface area contributed by atoms with Crippen LogP contribution < -0.4 is 0 Å². The average Bonchev–Trinajstić information content (AvgIpc) is 2.83. The lowest BCUT2D eigenvalue weighted by Crippen LogP contribution is -1.93. The molecule has 0 aromatic carbocycles. The van der Waals surface area contributed by atoms with Gasteiger partial charge in [0.05, 0.1) is 4.92 Å². The van der Waals surface area contributed by atoms with Gasteiger partial charge in [-0.1, -0.05) is 0 Å². The van der Waals surface area contributed by atoms with Crippen molar-refractivity contribution in [2.75, 3.05) is 0 Å². The highest BCUT2D eigenvalue weighted by molar-refractivity contribution is 5.64. The Balaban J connectivity index is 2.23. The summed E-state index contributed by atoms with van der Waals surface area (Å²) in [5, 5.41) is 15.1. The van der Waals surface area contributed by atoms with E-state index in [2.05, 4.69) is 15.1 Å². The van der Waals surface area contributed by atoms with Crippen molar-refractivity contribution in [3.63, 3.8) is 0 Å². The zero-order chi connectivity index (χ0) is 12.5. The molecular formula is C11H7N5O2. The van der Waals surface area contributed by atoms with Crippen molar-refractivity contribution < 1.29 is 4.92 Å². The fourth-order valence-corrected chi connectivity index (χ4v) is 1.65. The van der Waals surface area contributed by atoms with Crippen LogP contribution in [-0.4, -0.2) is 24.5 Å². The molecule has 3 aromatic rings. The van der Waals surface area contributed by atoms with E-state index in [1.807, 2.05) is 0 Å². The Kier molecular flexibility index (Phi) is 2.23. The molecule has 0 fully saturated rings. The molecule has 7 heteroatoms. The first-order valence-electron chi connectivity index (χ1n) is 5.16. The van der Waals surface area contributed by atoms with E-state index < -0.39 is 4.92 Å². The monoisotopic (exact) mass is 241 g/mol. The highest BCUT2D eigenvalue weighted by atomic mass is 16.6. The number of hydrogen-bond donors (Lipinski definition) is 0. The summed E-state index contributed by atoms with van der Waals surface area (Å²) in [6.07, 6.45) is 4.87. The third kappa shape index (κ3) is 1.58. The third-order valence-electron chi connectivity index (χ3n) is 2.46. The Morgan fingerprint density at radius 3 is 2.89 bits per heavy atom. The van der Waals surface area contributed by atoms with Gasteiger partial charge in [0.25, 0.3) is 0 Å². The Morgan fingerprint density at radius 2 is 2.17 bits per heavy atom. The summed E-state index contributed by atoms with van der Waals surface area (Å²) in [6.45, 7) is 0. The number of nitrogens with zero attached hydrogens (tertiary/aromatic N) is 5. The molecule has 3 aromatic heterocycles. The van der Waals surface area contributed by atoms with E-state index in [1.54, 1.807) is 36.8 Å².